The highest BCUT2D eigenvalue weighted by atomic mass is 16.5. The van der Waals surface area contributed by atoms with E-state index in [1.165, 1.54) is 0 Å². The second kappa shape index (κ2) is 10.3. The number of carbonyl (C=O) groups excluding carboxylic acids is 1. The van der Waals surface area contributed by atoms with Crippen molar-refractivity contribution in [1.29, 1.82) is 0 Å². The van der Waals surface area contributed by atoms with Gasteiger partial charge in [-0.15, -0.1) is 0 Å². The van der Waals surface area contributed by atoms with Gasteiger partial charge in [-0.3, -0.25) is 4.79 Å². The van der Waals surface area contributed by atoms with Crippen LogP contribution < -0.4 is 0 Å². The molecule has 5 nitrogen and oxygen atoms in total. The van der Waals surface area contributed by atoms with Gasteiger partial charge in [0.25, 0.3) is 5.91 Å². The van der Waals surface area contributed by atoms with Crippen LogP contribution in [0.25, 0.3) is 11.1 Å². The van der Waals surface area contributed by atoms with Gasteiger partial charge < -0.3 is 14.7 Å². The van der Waals surface area contributed by atoms with E-state index in [1.807, 2.05) is 95.0 Å². The van der Waals surface area contributed by atoms with Crippen molar-refractivity contribution < 1.29 is 19.4 Å². The fourth-order valence-corrected chi connectivity index (χ4v) is 5.67. The number of amides is 1. The molecule has 206 valence electrons. The van der Waals surface area contributed by atoms with E-state index in [4.69, 9.17) is 4.74 Å². The summed E-state index contributed by atoms with van der Waals surface area (Å²) < 4.78 is 6.18. The molecular weight excluding hydrogens is 486 g/mol. The first-order valence-corrected chi connectivity index (χ1v) is 13.6. The highest BCUT2D eigenvalue weighted by Gasteiger charge is 2.37. The van der Waals surface area contributed by atoms with Crippen LogP contribution in [0, 0.1) is 20.8 Å². The molecule has 0 fully saturated rings. The lowest BCUT2D eigenvalue weighted by atomic mass is 9.83. The second-order valence-corrected chi connectivity index (χ2v) is 12.8. The van der Waals surface area contributed by atoms with Crippen molar-refractivity contribution in [2.75, 3.05) is 0 Å². The number of carboxylic acid groups (broad SMARTS) is 1. The van der Waals surface area contributed by atoms with Gasteiger partial charge in [0.2, 0.25) is 0 Å². The monoisotopic (exact) mass is 527 g/mol. The minimum atomic E-state index is -1.14. The summed E-state index contributed by atoms with van der Waals surface area (Å²) in [6.07, 6.45) is -1.14. The Hall–Kier alpha value is -3.44. The first kappa shape index (κ1) is 28.6. The lowest BCUT2D eigenvalue weighted by Crippen LogP contribution is -2.29. The van der Waals surface area contributed by atoms with Crippen LogP contribution in [-0.2, 0) is 28.0 Å². The first-order chi connectivity index (χ1) is 18.1. The Morgan fingerprint density at radius 3 is 1.95 bits per heavy atom. The molecule has 0 saturated carbocycles. The molecule has 0 aromatic heterocycles. The number of ether oxygens (including phenoxy) is 1. The maximum atomic E-state index is 13.9. The molecule has 3 aromatic carbocycles. The van der Waals surface area contributed by atoms with Crippen LogP contribution in [0.3, 0.4) is 0 Å². The van der Waals surface area contributed by atoms with Crippen molar-refractivity contribution >= 4 is 11.9 Å². The number of fused-ring (bicyclic) bond motifs is 1. The van der Waals surface area contributed by atoms with E-state index in [9.17, 15) is 14.7 Å². The number of carbonyl (C=O) groups is 2. The number of aliphatic carboxylic acids is 1. The Balaban J connectivity index is 1.89. The van der Waals surface area contributed by atoms with Crippen molar-refractivity contribution in [1.82, 2.24) is 4.90 Å². The molecule has 0 aliphatic carbocycles. The van der Waals surface area contributed by atoms with Gasteiger partial charge in [0.1, 0.15) is 0 Å². The van der Waals surface area contributed by atoms with E-state index in [1.54, 1.807) is 0 Å². The van der Waals surface area contributed by atoms with E-state index >= 15 is 0 Å². The van der Waals surface area contributed by atoms with Crippen molar-refractivity contribution in [3.05, 3.63) is 93.0 Å². The molecule has 1 aliphatic rings. The minimum absolute atomic E-state index is 0.00492. The molecule has 0 spiro atoms. The highest BCUT2D eigenvalue weighted by molar-refractivity contribution is 5.96. The molecule has 3 aromatic rings. The normalized spacial score (nSPS) is 14.3. The number of hydrogen-bond donors (Lipinski definition) is 1. The molecule has 39 heavy (non-hydrogen) atoms. The largest absolute Gasteiger partial charge is 0.479 e. The van der Waals surface area contributed by atoms with Crippen molar-refractivity contribution in [2.24, 2.45) is 0 Å². The number of benzene rings is 3. The topological polar surface area (TPSA) is 66.8 Å². The molecule has 1 amide bonds. The van der Waals surface area contributed by atoms with E-state index < -0.39 is 17.7 Å². The van der Waals surface area contributed by atoms with Gasteiger partial charge in [-0.25, -0.2) is 4.79 Å². The molecule has 1 heterocycles. The van der Waals surface area contributed by atoms with Gasteiger partial charge >= 0.3 is 5.97 Å². The summed E-state index contributed by atoms with van der Waals surface area (Å²) in [5.74, 6) is -1.03. The number of nitrogens with zero attached hydrogens (tertiary/aromatic N) is 1. The fourth-order valence-electron chi connectivity index (χ4n) is 5.67. The zero-order chi connectivity index (χ0) is 28.9. The summed E-state index contributed by atoms with van der Waals surface area (Å²) in [7, 11) is 0. The van der Waals surface area contributed by atoms with Crippen LogP contribution in [0.5, 0.6) is 0 Å². The van der Waals surface area contributed by atoms with Crippen LogP contribution in [0.15, 0.2) is 48.5 Å². The predicted molar refractivity (Wildman–Crippen MR) is 156 cm³/mol. The maximum Gasteiger partial charge on any atom is 0.337 e. The molecular formula is C34H41NO4. The van der Waals surface area contributed by atoms with E-state index in [0.717, 1.165) is 44.5 Å². The summed E-state index contributed by atoms with van der Waals surface area (Å²) in [6.45, 7) is 18.9. The van der Waals surface area contributed by atoms with E-state index in [2.05, 4.69) is 20.8 Å². The number of hydrogen-bond acceptors (Lipinski definition) is 3. The summed E-state index contributed by atoms with van der Waals surface area (Å²) in [5, 5.41) is 10.4. The standard InChI is InChI=1S/C34H41NO4/c1-20-14-16-23(17-15-20)28-21(2)25-18-35(31(36)24-12-10-11-13-27(24)33(4,5)6)19-26(25)22(3)29(28)30(32(37)38)39-34(7,8)9/h10-17,30H,18-19H2,1-9H3,(H,37,38)/t30-/m0/s1. The van der Waals surface area contributed by atoms with Crippen LogP contribution in [0.2, 0.25) is 0 Å². The second-order valence-electron chi connectivity index (χ2n) is 12.8. The van der Waals surface area contributed by atoms with Crippen LogP contribution >= 0.6 is 0 Å². The molecule has 1 atom stereocenters. The summed E-state index contributed by atoms with van der Waals surface area (Å²) in [4.78, 5) is 28.5. The summed E-state index contributed by atoms with van der Waals surface area (Å²) in [5.41, 5.74) is 8.51. The molecule has 5 heteroatoms. The van der Waals surface area contributed by atoms with E-state index in [-0.39, 0.29) is 11.3 Å². The smallest absolute Gasteiger partial charge is 0.337 e. The lowest BCUT2D eigenvalue weighted by molar-refractivity contribution is -0.160. The Morgan fingerprint density at radius 2 is 1.41 bits per heavy atom. The van der Waals surface area contributed by atoms with Gasteiger partial charge in [0.05, 0.1) is 5.60 Å². The van der Waals surface area contributed by atoms with Crippen molar-refractivity contribution in [3.8, 4) is 11.1 Å². The van der Waals surface area contributed by atoms with Gasteiger partial charge in [0, 0.05) is 24.2 Å². The van der Waals surface area contributed by atoms with Crippen LogP contribution in [0.4, 0.5) is 0 Å². The molecule has 0 saturated heterocycles. The van der Waals surface area contributed by atoms with Gasteiger partial charge in [0.15, 0.2) is 6.10 Å². The highest BCUT2D eigenvalue weighted by Crippen LogP contribution is 2.44. The Labute approximate surface area is 232 Å². The number of rotatable bonds is 5. The summed E-state index contributed by atoms with van der Waals surface area (Å²) in [6, 6.07) is 16.0. The third-order valence-electron chi connectivity index (χ3n) is 7.57. The third-order valence-corrected chi connectivity index (χ3v) is 7.57. The maximum absolute atomic E-state index is 13.9. The zero-order valence-electron chi connectivity index (χ0n) is 24.7. The predicted octanol–water partition coefficient (Wildman–Crippen LogP) is 7.67. The SMILES string of the molecule is Cc1ccc(-c2c(C)c3c(c(C)c2[C@H](OC(C)(C)C)C(=O)O)CN(C(=O)c2ccccc2C(C)(C)C)C3)cc1. The summed E-state index contributed by atoms with van der Waals surface area (Å²) >= 11 is 0. The Morgan fingerprint density at radius 1 is 0.846 bits per heavy atom. The minimum Gasteiger partial charge on any atom is -0.479 e. The van der Waals surface area contributed by atoms with Gasteiger partial charge in [-0.2, -0.15) is 0 Å². The zero-order valence-corrected chi connectivity index (χ0v) is 24.7. The van der Waals surface area contributed by atoms with Crippen molar-refractivity contribution in [2.45, 2.75) is 92.5 Å². The number of aryl methyl sites for hydroxylation is 1. The third kappa shape index (κ3) is 5.65. The van der Waals surface area contributed by atoms with E-state index in [0.29, 0.717) is 24.2 Å². The number of carboxylic acids is 1. The first-order valence-electron chi connectivity index (χ1n) is 13.6. The molecule has 0 bridgehead atoms. The fraction of sp³-hybridized carbons (Fsp3) is 0.412. The van der Waals surface area contributed by atoms with Gasteiger partial charge in [-0.05, 0) is 92.0 Å². The quantitative estimate of drug-likeness (QED) is 0.370. The van der Waals surface area contributed by atoms with Crippen molar-refractivity contribution in [3.63, 3.8) is 0 Å². The molecule has 0 unspecified atom stereocenters. The van der Waals surface area contributed by atoms with Gasteiger partial charge in [-0.1, -0.05) is 68.8 Å². The van der Waals surface area contributed by atoms with Crippen LogP contribution in [-0.4, -0.2) is 27.5 Å². The lowest BCUT2D eigenvalue weighted by Gasteiger charge is -2.29. The molecule has 1 aliphatic heterocycles. The average molecular weight is 528 g/mol. The van der Waals surface area contributed by atoms with Crippen LogP contribution in [0.1, 0.15) is 96.9 Å². The molecule has 4 rings (SSSR count). The average Bonchev–Trinajstić information content (AvgIpc) is 3.30. The molecule has 0 radical (unpaired) electrons. The Bertz CT molecular complexity index is 1420. The Kier molecular flexibility index (Phi) is 7.52. The molecule has 1 N–H and O–H groups in total.